The van der Waals surface area contributed by atoms with Crippen LogP contribution in [0, 0.1) is 17.1 Å². The number of carbonyl (C=O) groups is 2. The highest BCUT2D eigenvalue weighted by molar-refractivity contribution is 7.98. The third-order valence-electron chi connectivity index (χ3n) is 5.89. The number of halogens is 1. The van der Waals surface area contributed by atoms with Gasteiger partial charge in [0.2, 0.25) is 5.91 Å². The van der Waals surface area contributed by atoms with Crippen molar-refractivity contribution in [2.24, 2.45) is 0 Å². The second kappa shape index (κ2) is 12.7. The number of pyridine rings is 1. The zero-order chi connectivity index (χ0) is 26.9. The molecule has 0 aliphatic rings. The average molecular weight is 529 g/mol. The molecule has 4 aromatic rings. The van der Waals surface area contributed by atoms with Crippen LogP contribution in [-0.4, -0.2) is 34.5 Å². The maximum Gasteiger partial charge on any atom is 0.290 e. The predicted molar refractivity (Wildman–Crippen MR) is 142 cm³/mol. The first-order valence-corrected chi connectivity index (χ1v) is 13.1. The van der Waals surface area contributed by atoms with Gasteiger partial charge in [0.05, 0.1) is 11.8 Å². The van der Waals surface area contributed by atoms with Gasteiger partial charge >= 0.3 is 0 Å². The van der Waals surface area contributed by atoms with Crippen LogP contribution in [0.1, 0.15) is 38.9 Å². The Bertz CT molecular complexity index is 1440. The number of nitrogens with one attached hydrogen (secondary N) is 1. The van der Waals surface area contributed by atoms with E-state index in [4.69, 9.17) is 4.42 Å². The van der Waals surface area contributed by atoms with Crippen LogP contribution in [0.5, 0.6) is 0 Å². The van der Waals surface area contributed by atoms with Crippen LogP contribution in [0.15, 0.2) is 94.7 Å². The number of hydrogen-bond donors (Lipinski definition) is 1. The first-order chi connectivity index (χ1) is 18.5. The molecule has 0 spiro atoms. The van der Waals surface area contributed by atoms with Crippen LogP contribution < -0.4 is 5.32 Å². The molecule has 1 atom stereocenters. The van der Waals surface area contributed by atoms with E-state index in [2.05, 4.69) is 16.4 Å². The highest BCUT2D eigenvalue weighted by Gasteiger charge is 2.33. The van der Waals surface area contributed by atoms with Gasteiger partial charge < -0.3 is 14.6 Å². The van der Waals surface area contributed by atoms with Gasteiger partial charge in [0, 0.05) is 35.9 Å². The van der Waals surface area contributed by atoms with Gasteiger partial charge in [-0.3, -0.25) is 14.6 Å². The summed E-state index contributed by atoms with van der Waals surface area (Å²) in [6.07, 6.45) is 6.81. The van der Waals surface area contributed by atoms with Gasteiger partial charge in [0.25, 0.3) is 5.91 Å². The summed E-state index contributed by atoms with van der Waals surface area (Å²) < 4.78 is 19.0. The Morgan fingerprint density at radius 2 is 2.00 bits per heavy atom. The van der Waals surface area contributed by atoms with E-state index in [-0.39, 0.29) is 24.7 Å². The molecule has 0 aliphatic heterocycles. The lowest BCUT2D eigenvalue weighted by Gasteiger charge is -2.31. The molecule has 9 heteroatoms. The highest BCUT2D eigenvalue weighted by atomic mass is 32.2. The molecule has 0 saturated heterocycles. The number of aromatic nitrogens is 1. The van der Waals surface area contributed by atoms with Gasteiger partial charge in [0.1, 0.15) is 17.9 Å². The number of benzene rings is 2. The van der Waals surface area contributed by atoms with E-state index >= 15 is 0 Å². The number of rotatable bonds is 10. The highest BCUT2D eigenvalue weighted by Crippen LogP contribution is 2.28. The Morgan fingerprint density at radius 3 is 2.68 bits per heavy atom. The summed E-state index contributed by atoms with van der Waals surface area (Å²) in [7, 11) is 0. The summed E-state index contributed by atoms with van der Waals surface area (Å²) in [5.74, 6) is -1.18. The molecule has 0 bridgehead atoms. The molecule has 2 heterocycles. The van der Waals surface area contributed by atoms with Crippen LogP contribution in [0.2, 0.25) is 0 Å². The van der Waals surface area contributed by atoms with E-state index in [0.717, 1.165) is 10.5 Å². The van der Waals surface area contributed by atoms with Crippen molar-refractivity contribution in [3.05, 3.63) is 119 Å². The second-order valence-electron chi connectivity index (χ2n) is 8.42. The third kappa shape index (κ3) is 6.47. The molecule has 38 heavy (non-hydrogen) atoms. The van der Waals surface area contributed by atoms with Crippen LogP contribution in [-0.2, 0) is 17.8 Å². The molecule has 2 amide bonds. The monoisotopic (exact) mass is 528 g/mol. The van der Waals surface area contributed by atoms with Crippen molar-refractivity contribution in [1.82, 2.24) is 15.2 Å². The average Bonchev–Trinajstić information content (AvgIpc) is 3.48. The van der Waals surface area contributed by atoms with Gasteiger partial charge in [-0.1, -0.05) is 24.3 Å². The van der Waals surface area contributed by atoms with E-state index in [1.165, 1.54) is 47.3 Å². The van der Waals surface area contributed by atoms with E-state index < -0.39 is 17.9 Å². The molecule has 0 radical (unpaired) electrons. The fourth-order valence-electron chi connectivity index (χ4n) is 4.09. The summed E-state index contributed by atoms with van der Waals surface area (Å²) in [6, 6.07) is 19.3. The second-order valence-corrected chi connectivity index (χ2v) is 9.26. The Labute approximate surface area is 224 Å². The topological polar surface area (TPSA) is 99.2 Å². The lowest BCUT2D eigenvalue weighted by molar-refractivity contribution is -0.126. The summed E-state index contributed by atoms with van der Waals surface area (Å²) in [4.78, 5) is 33.7. The molecule has 4 rings (SSSR count). The van der Waals surface area contributed by atoms with Gasteiger partial charge in [-0.2, -0.15) is 5.26 Å². The summed E-state index contributed by atoms with van der Waals surface area (Å²) >= 11 is 1.45. The minimum absolute atomic E-state index is 0.0414. The van der Waals surface area contributed by atoms with Gasteiger partial charge in [-0.25, -0.2) is 4.39 Å². The number of nitrogens with zero attached hydrogens (tertiary/aromatic N) is 3. The Kier molecular flexibility index (Phi) is 8.90. The molecule has 0 aliphatic carbocycles. The summed E-state index contributed by atoms with van der Waals surface area (Å²) in [6.45, 7) is 0.280. The molecule has 1 N–H and O–H groups in total. The van der Waals surface area contributed by atoms with Crippen LogP contribution in [0.3, 0.4) is 0 Å². The first-order valence-electron chi connectivity index (χ1n) is 11.8. The van der Waals surface area contributed by atoms with E-state index in [9.17, 15) is 19.2 Å². The minimum Gasteiger partial charge on any atom is -0.459 e. The van der Waals surface area contributed by atoms with Crippen molar-refractivity contribution in [1.29, 1.82) is 5.26 Å². The summed E-state index contributed by atoms with van der Waals surface area (Å²) in [5, 5.41) is 12.5. The molecular weight excluding hydrogens is 503 g/mol. The number of amides is 2. The Morgan fingerprint density at radius 1 is 1.13 bits per heavy atom. The van der Waals surface area contributed by atoms with Gasteiger partial charge in [-0.15, -0.1) is 11.8 Å². The normalized spacial score (nSPS) is 11.4. The molecule has 0 fully saturated rings. The van der Waals surface area contributed by atoms with Crippen LogP contribution in [0.25, 0.3) is 0 Å². The first kappa shape index (κ1) is 26.6. The van der Waals surface area contributed by atoms with Crippen molar-refractivity contribution < 1.29 is 18.4 Å². The van der Waals surface area contributed by atoms with Crippen molar-refractivity contribution >= 4 is 23.6 Å². The third-order valence-corrected chi connectivity index (χ3v) is 6.69. The van der Waals surface area contributed by atoms with Gasteiger partial charge in [0.15, 0.2) is 5.76 Å². The van der Waals surface area contributed by atoms with Crippen LogP contribution >= 0.6 is 11.8 Å². The standard InChI is InChI=1S/C29H25FN4O3S/c1-38-26-10-9-21(15-23(26)17-31)19-34(29(36)25-8-4-14-37-25)27(22-6-3-12-32-18-22)28(35)33-13-11-20-5-2-7-24(30)16-20/h2-10,12,14-16,18,27H,11,13,19H2,1H3,(H,33,35). The van der Waals surface area contributed by atoms with E-state index in [0.29, 0.717) is 23.1 Å². The molecule has 7 nitrogen and oxygen atoms in total. The fourth-order valence-corrected chi connectivity index (χ4v) is 4.62. The Balaban J connectivity index is 1.67. The van der Waals surface area contributed by atoms with Crippen molar-refractivity contribution in [3.8, 4) is 6.07 Å². The number of carbonyl (C=O) groups excluding carboxylic acids is 2. The maximum absolute atomic E-state index is 13.7. The molecule has 2 aromatic heterocycles. The zero-order valence-electron chi connectivity index (χ0n) is 20.6. The lowest BCUT2D eigenvalue weighted by atomic mass is 10.0. The smallest absolute Gasteiger partial charge is 0.290 e. The number of furan rings is 1. The molecule has 0 saturated carbocycles. The van der Waals surface area contributed by atoms with Crippen molar-refractivity contribution in [2.75, 3.05) is 12.8 Å². The zero-order valence-corrected chi connectivity index (χ0v) is 21.5. The Hall–Kier alpha value is -4.42. The van der Waals surface area contributed by atoms with E-state index in [1.54, 1.807) is 42.6 Å². The van der Waals surface area contributed by atoms with E-state index in [1.807, 2.05) is 18.4 Å². The van der Waals surface area contributed by atoms with Gasteiger partial charge in [-0.05, 0) is 66.3 Å². The lowest BCUT2D eigenvalue weighted by Crippen LogP contribution is -2.44. The molecule has 1 unspecified atom stereocenters. The number of hydrogen-bond acceptors (Lipinski definition) is 6. The SMILES string of the molecule is CSc1ccc(CN(C(=O)c2ccco2)C(C(=O)NCCc2cccc(F)c2)c2cccnc2)cc1C#N. The molecular formula is C29H25FN4O3S. The summed E-state index contributed by atoms with van der Waals surface area (Å²) in [5.41, 5.74) is 2.42. The molecule has 2 aromatic carbocycles. The largest absolute Gasteiger partial charge is 0.459 e. The number of thioether (sulfide) groups is 1. The fraction of sp³-hybridized carbons (Fsp3) is 0.172. The number of nitriles is 1. The van der Waals surface area contributed by atoms with Crippen LogP contribution in [0.4, 0.5) is 4.39 Å². The predicted octanol–water partition coefficient (Wildman–Crippen LogP) is 5.15. The van der Waals surface area contributed by atoms with Crippen molar-refractivity contribution in [3.63, 3.8) is 0 Å². The minimum atomic E-state index is -1.04. The van der Waals surface area contributed by atoms with Crippen molar-refractivity contribution in [2.45, 2.75) is 23.9 Å². The maximum atomic E-state index is 13.7. The molecule has 192 valence electrons. The quantitative estimate of drug-likeness (QED) is 0.286.